The zero-order valence-corrected chi connectivity index (χ0v) is 6.49. The molecule has 0 radical (unpaired) electrons. The average molecular weight is 165 g/mol. The first kappa shape index (κ1) is 8.35. The lowest BCUT2D eigenvalue weighted by Gasteiger charge is -2.15. The number of benzene rings is 1. The molecule has 5 heteroatoms. The van der Waals surface area contributed by atoms with Gasteiger partial charge in [-0.2, -0.15) is 0 Å². The van der Waals surface area contributed by atoms with Crippen LogP contribution in [0.2, 0.25) is 0 Å². The molecule has 0 bridgehead atoms. The van der Waals surface area contributed by atoms with E-state index in [9.17, 15) is 0 Å². The minimum Gasteiger partial charge on any atom is -0.399 e. The second kappa shape index (κ2) is 3.10. The van der Waals surface area contributed by atoms with Gasteiger partial charge < -0.3 is 11.5 Å². The van der Waals surface area contributed by atoms with Gasteiger partial charge in [0.2, 0.25) is 5.96 Å². The highest BCUT2D eigenvalue weighted by Crippen LogP contribution is 2.12. The third-order valence-corrected chi connectivity index (χ3v) is 1.43. The Morgan fingerprint density at radius 1 is 1.25 bits per heavy atom. The molecule has 1 rings (SSSR count). The van der Waals surface area contributed by atoms with Crippen molar-refractivity contribution in [1.82, 2.24) is 0 Å². The molecule has 0 saturated carbocycles. The molecule has 0 saturated heterocycles. The van der Waals surface area contributed by atoms with Gasteiger partial charge in [0.25, 0.3) is 0 Å². The number of hydrogen-bond donors (Lipinski definition) is 4. The number of rotatable bonds is 1. The summed E-state index contributed by atoms with van der Waals surface area (Å²) in [6, 6.07) is 6.77. The molecule has 0 unspecified atom stereocenters. The monoisotopic (exact) mass is 165 g/mol. The second-order valence-corrected chi connectivity index (χ2v) is 2.35. The fourth-order valence-electron chi connectivity index (χ4n) is 0.774. The average Bonchev–Trinajstić information content (AvgIpc) is 2.04. The molecular formula is C7H11N5. The maximum Gasteiger partial charge on any atom is 0.207 e. The molecule has 0 amide bonds. The number of nitrogens with two attached hydrogens (primary N) is 3. The predicted octanol–water partition coefficient (Wildman–Crippen LogP) is -0.158. The van der Waals surface area contributed by atoms with E-state index in [1.54, 1.807) is 24.3 Å². The molecule has 5 nitrogen and oxygen atoms in total. The number of hydrogen-bond acceptors (Lipinski definition) is 3. The van der Waals surface area contributed by atoms with Crippen LogP contribution in [-0.2, 0) is 0 Å². The zero-order chi connectivity index (χ0) is 9.14. The van der Waals surface area contributed by atoms with E-state index >= 15 is 0 Å². The standard InChI is InChI=1S/C7H11N5/c8-5-1-3-6(4-2-5)12(11)7(9)10/h1-4H,8,11H2,(H3,9,10). The van der Waals surface area contributed by atoms with Gasteiger partial charge in [-0.3, -0.25) is 5.41 Å². The molecule has 0 aliphatic rings. The molecule has 1 aromatic carbocycles. The van der Waals surface area contributed by atoms with Crippen molar-refractivity contribution in [2.45, 2.75) is 0 Å². The molecule has 12 heavy (non-hydrogen) atoms. The molecular weight excluding hydrogens is 154 g/mol. The first-order valence-electron chi connectivity index (χ1n) is 3.35. The highest BCUT2D eigenvalue weighted by atomic mass is 15.5. The SMILES string of the molecule is N=C(N)N(N)c1ccc(N)cc1. The largest absolute Gasteiger partial charge is 0.399 e. The number of nitrogen functional groups attached to an aromatic ring is 1. The topological polar surface area (TPSA) is 105 Å². The molecule has 0 fully saturated rings. The minimum atomic E-state index is -0.209. The van der Waals surface area contributed by atoms with E-state index in [4.69, 9.17) is 22.7 Å². The van der Waals surface area contributed by atoms with E-state index in [1.807, 2.05) is 0 Å². The van der Waals surface area contributed by atoms with Gasteiger partial charge in [-0.15, -0.1) is 0 Å². The van der Waals surface area contributed by atoms with Crippen LogP contribution >= 0.6 is 0 Å². The van der Waals surface area contributed by atoms with Crippen LogP contribution in [0.3, 0.4) is 0 Å². The van der Waals surface area contributed by atoms with E-state index < -0.39 is 0 Å². The van der Waals surface area contributed by atoms with E-state index in [-0.39, 0.29) is 5.96 Å². The first-order valence-corrected chi connectivity index (χ1v) is 3.35. The summed E-state index contributed by atoms with van der Waals surface area (Å²) in [5, 5.41) is 8.11. The van der Waals surface area contributed by atoms with Crippen LogP contribution < -0.4 is 22.3 Å². The molecule has 1 aromatic rings. The van der Waals surface area contributed by atoms with Crippen LogP contribution in [0.15, 0.2) is 24.3 Å². The van der Waals surface area contributed by atoms with Gasteiger partial charge in [0, 0.05) is 5.69 Å². The van der Waals surface area contributed by atoms with Gasteiger partial charge in [0.05, 0.1) is 5.69 Å². The summed E-state index contributed by atoms with van der Waals surface area (Å²) >= 11 is 0. The summed E-state index contributed by atoms with van der Waals surface area (Å²) in [5.74, 6) is 5.22. The molecule has 0 aliphatic heterocycles. The van der Waals surface area contributed by atoms with Crippen LogP contribution in [-0.4, -0.2) is 5.96 Å². The van der Waals surface area contributed by atoms with Crippen molar-refractivity contribution in [2.75, 3.05) is 10.7 Å². The maximum atomic E-state index is 7.04. The summed E-state index contributed by atoms with van der Waals surface area (Å²) in [6.07, 6.45) is 0. The van der Waals surface area contributed by atoms with Crippen LogP contribution in [0, 0.1) is 5.41 Å². The summed E-state index contributed by atoms with van der Waals surface area (Å²) in [4.78, 5) is 0. The Bertz CT molecular complexity index is 278. The normalized spacial score (nSPS) is 9.42. The van der Waals surface area contributed by atoms with Crippen LogP contribution in [0.5, 0.6) is 0 Å². The quantitative estimate of drug-likeness (QED) is 0.152. The summed E-state index contributed by atoms with van der Waals surface area (Å²) in [7, 11) is 0. The minimum absolute atomic E-state index is 0.209. The summed E-state index contributed by atoms with van der Waals surface area (Å²) in [5.41, 5.74) is 11.9. The van der Waals surface area contributed by atoms with Crippen LogP contribution in [0.1, 0.15) is 0 Å². The Hall–Kier alpha value is -1.75. The van der Waals surface area contributed by atoms with Gasteiger partial charge in [-0.05, 0) is 24.3 Å². The molecule has 7 N–H and O–H groups in total. The third-order valence-electron chi connectivity index (χ3n) is 1.43. The fraction of sp³-hybridized carbons (Fsp3) is 0. The Morgan fingerprint density at radius 2 is 1.75 bits per heavy atom. The van der Waals surface area contributed by atoms with Crippen LogP contribution in [0.4, 0.5) is 11.4 Å². The molecule has 0 atom stereocenters. The smallest absolute Gasteiger partial charge is 0.207 e. The van der Waals surface area contributed by atoms with Crippen molar-refractivity contribution in [1.29, 1.82) is 5.41 Å². The number of nitrogens with zero attached hydrogens (tertiary/aromatic N) is 1. The molecule has 0 aliphatic carbocycles. The lowest BCUT2D eigenvalue weighted by atomic mass is 10.3. The summed E-state index contributed by atoms with van der Waals surface area (Å²) < 4.78 is 0. The van der Waals surface area contributed by atoms with E-state index in [0.29, 0.717) is 11.4 Å². The molecule has 0 heterocycles. The zero-order valence-electron chi connectivity index (χ0n) is 6.49. The lowest BCUT2D eigenvalue weighted by Crippen LogP contribution is -2.42. The summed E-state index contributed by atoms with van der Waals surface area (Å²) in [6.45, 7) is 0. The fourth-order valence-corrected chi connectivity index (χ4v) is 0.774. The number of anilines is 2. The van der Waals surface area contributed by atoms with Gasteiger partial charge in [0.15, 0.2) is 0 Å². The van der Waals surface area contributed by atoms with Crippen molar-refractivity contribution in [3.63, 3.8) is 0 Å². The van der Waals surface area contributed by atoms with Gasteiger partial charge in [-0.1, -0.05) is 0 Å². The van der Waals surface area contributed by atoms with E-state index in [2.05, 4.69) is 0 Å². The van der Waals surface area contributed by atoms with Gasteiger partial charge in [0.1, 0.15) is 0 Å². The van der Waals surface area contributed by atoms with Gasteiger partial charge in [-0.25, -0.2) is 10.9 Å². The Morgan fingerprint density at radius 3 is 2.17 bits per heavy atom. The third kappa shape index (κ3) is 1.64. The highest BCUT2D eigenvalue weighted by molar-refractivity contribution is 5.91. The Balaban J connectivity index is 2.89. The van der Waals surface area contributed by atoms with Crippen molar-refractivity contribution < 1.29 is 0 Å². The molecule has 64 valence electrons. The second-order valence-electron chi connectivity index (χ2n) is 2.35. The van der Waals surface area contributed by atoms with Crippen molar-refractivity contribution in [3.05, 3.63) is 24.3 Å². The predicted molar refractivity (Wildman–Crippen MR) is 49.4 cm³/mol. The van der Waals surface area contributed by atoms with Gasteiger partial charge >= 0.3 is 0 Å². The van der Waals surface area contributed by atoms with Crippen LogP contribution in [0.25, 0.3) is 0 Å². The number of hydrazine groups is 1. The van der Waals surface area contributed by atoms with E-state index in [0.717, 1.165) is 5.01 Å². The Kier molecular flexibility index (Phi) is 2.16. The first-order chi connectivity index (χ1) is 5.61. The lowest BCUT2D eigenvalue weighted by molar-refractivity contribution is 1.09. The number of nitrogens with one attached hydrogen (secondary N) is 1. The van der Waals surface area contributed by atoms with Crippen molar-refractivity contribution >= 4 is 17.3 Å². The maximum absolute atomic E-state index is 7.04. The van der Waals surface area contributed by atoms with Crippen molar-refractivity contribution in [2.24, 2.45) is 11.6 Å². The molecule has 0 aromatic heterocycles. The van der Waals surface area contributed by atoms with Crippen molar-refractivity contribution in [3.8, 4) is 0 Å². The Labute approximate surface area is 70.2 Å². The molecule has 0 spiro atoms. The van der Waals surface area contributed by atoms with E-state index in [1.165, 1.54) is 0 Å². The number of guanidine groups is 1. The highest BCUT2D eigenvalue weighted by Gasteiger charge is 2.02.